The fraction of sp³-hybridized carbons (Fsp3) is 0.429. The molecule has 1 amide bonds. The Labute approximate surface area is 153 Å². The lowest BCUT2D eigenvalue weighted by molar-refractivity contribution is -0.138. The lowest BCUT2D eigenvalue weighted by Crippen LogP contribution is -2.40. The minimum atomic E-state index is -0.213. The molecule has 1 aromatic heterocycles. The quantitative estimate of drug-likeness (QED) is 0.825. The number of amides is 1. The normalized spacial score (nSPS) is 25.1. The van der Waals surface area contributed by atoms with Gasteiger partial charge in [0.15, 0.2) is 0 Å². The molecule has 26 heavy (non-hydrogen) atoms. The molecule has 2 aromatic rings. The van der Waals surface area contributed by atoms with E-state index in [0.717, 1.165) is 37.1 Å². The standard InChI is InChI=1S/C21H23FN2O2/c22-18-6-4-15(5-7-18)16-11-17(12-16)21(25)24-10-8-20(13-24)26-14-19-3-1-2-9-23-19/h1-7,9,16-17,20H,8,10-14H2. The first-order chi connectivity index (χ1) is 12.7. The van der Waals surface area contributed by atoms with Gasteiger partial charge >= 0.3 is 0 Å². The summed E-state index contributed by atoms with van der Waals surface area (Å²) in [5.41, 5.74) is 2.05. The maximum Gasteiger partial charge on any atom is 0.225 e. The molecule has 1 unspecified atom stereocenters. The number of nitrogens with zero attached hydrogens (tertiary/aromatic N) is 2. The molecular formula is C21H23FN2O2. The molecule has 0 spiro atoms. The SMILES string of the molecule is O=C(C1CC(c2ccc(F)cc2)C1)N1CCC(OCc2ccccn2)C1. The summed E-state index contributed by atoms with van der Waals surface area (Å²) in [6.45, 7) is 1.93. The van der Waals surface area contributed by atoms with E-state index in [4.69, 9.17) is 4.74 Å². The summed E-state index contributed by atoms with van der Waals surface area (Å²) in [7, 11) is 0. The molecule has 1 saturated heterocycles. The van der Waals surface area contributed by atoms with Crippen molar-refractivity contribution in [2.24, 2.45) is 5.92 Å². The van der Waals surface area contributed by atoms with Crippen molar-refractivity contribution in [3.8, 4) is 0 Å². The van der Waals surface area contributed by atoms with Crippen molar-refractivity contribution in [3.63, 3.8) is 0 Å². The fourth-order valence-corrected chi connectivity index (χ4v) is 3.84. The van der Waals surface area contributed by atoms with Crippen LogP contribution < -0.4 is 0 Å². The number of halogens is 1. The van der Waals surface area contributed by atoms with Crippen molar-refractivity contribution < 1.29 is 13.9 Å². The van der Waals surface area contributed by atoms with E-state index in [-0.39, 0.29) is 23.7 Å². The summed E-state index contributed by atoms with van der Waals surface area (Å²) in [5, 5.41) is 0. The monoisotopic (exact) mass is 354 g/mol. The number of ether oxygens (including phenoxy) is 1. The molecule has 0 radical (unpaired) electrons. The largest absolute Gasteiger partial charge is 0.370 e. The summed E-state index contributed by atoms with van der Waals surface area (Å²) in [6.07, 6.45) is 4.46. The van der Waals surface area contributed by atoms with Crippen LogP contribution in [0.3, 0.4) is 0 Å². The summed E-state index contributed by atoms with van der Waals surface area (Å²) in [4.78, 5) is 18.9. The van der Waals surface area contributed by atoms with E-state index in [1.54, 1.807) is 6.20 Å². The number of hydrogen-bond acceptors (Lipinski definition) is 3. The minimum absolute atomic E-state index is 0.0916. The van der Waals surface area contributed by atoms with Crippen molar-refractivity contribution >= 4 is 5.91 Å². The Morgan fingerprint density at radius 2 is 2.00 bits per heavy atom. The summed E-state index contributed by atoms with van der Waals surface area (Å²) >= 11 is 0. The molecule has 2 fully saturated rings. The van der Waals surface area contributed by atoms with Crippen LogP contribution in [0.1, 0.15) is 36.4 Å². The topological polar surface area (TPSA) is 42.4 Å². The van der Waals surface area contributed by atoms with Gasteiger partial charge in [-0.15, -0.1) is 0 Å². The van der Waals surface area contributed by atoms with Gasteiger partial charge in [-0.3, -0.25) is 9.78 Å². The number of pyridine rings is 1. The van der Waals surface area contributed by atoms with Gasteiger partial charge in [-0.25, -0.2) is 4.39 Å². The molecule has 5 heteroatoms. The summed E-state index contributed by atoms with van der Waals surface area (Å²) in [6, 6.07) is 12.4. The van der Waals surface area contributed by atoms with E-state index in [1.807, 2.05) is 35.2 Å². The van der Waals surface area contributed by atoms with Gasteiger partial charge in [-0.2, -0.15) is 0 Å². The van der Waals surface area contributed by atoms with Gasteiger partial charge in [0.25, 0.3) is 0 Å². The first-order valence-electron chi connectivity index (χ1n) is 9.25. The Hall–Kier alpha value is -2.27. The zero-order chi connectivity index (χ0) is 17.9. The zero-order valence-electron chi connectivity index (χ0n) is 14.7. The lowest BCUT2D eigenvalue weighted by Gasteiger charge is -2.37. The van der Waals surface area contributed by atoms with E-state index in [9.17, 15) is 9.18 Å². The number of carbonyl (C=O) groups is 1. The van der Waals surface area contributed by atoms with Gasteiger partial charge in [0.05, 0.1) is 18.4 Å². The first-order valence-corrected chi connectivity index (χ1v) is 9.25. The second-order valence-corrected chi connectivity index (χ2v) is 7.24. The van der Waals surface area contributed by atoms with E-state index in [2.05, 4.69) is 4.98 Å². The predicted octanol–water partition coefficient (Wildman–Crippen LogP) is 3.53. The van der Waals surface area contributed by atoms with Crippen LogP contribution in [0, 0.1) is 11.7 Å². The number of benzene rings is 1. The Bertz CT molecular complexity index is 744. The second-order valence-electron chi connectivity index (χ2n) is 7.24. The van der Waals surface area contributed by atoms with Gasteiger partial charge < -0.3 is 9.64 Å². The van der Waals surface area contributed by atoms with Gasteiger partial charge in [0.2, 0.25) is 5.91 Å². The maximum atomic E-state index is 13.0. The molecule has 1 atom stereocenters. The van der Waals surface area contributed by atoms with Gasteiger partial charge in [-0.1, -0.05) is 18.2 Å². The van der Waals surface area contributed by atoms with Crippen LogP contribution in [-0.4, -0.2) is 35.0 Å². The average molecular weight is 354 g/mol. The zero-order valence-corrected chi connectivity index (χ0v) is 14.7. The highest BCUT2D eigenvalue weighted by atomic mass is 19.1. The third-order valence-electron chi connectivity index (χ3n) is 5.48. The lowest BCUT2D eigenvalue weighted by atomic mass is 9.71. The molecule has 1 saturated carbocycles. The van der Waals surface area contributed by atoms with E-state index in [1.165, 1.54) is 12.1 Å². The molecule has 0 bridgehead atoms. The van der Waals surface area contributed by atoms with E-state index < -0.39 is 0 Å². The smallest absolute Gasteiger partial charge is 0.225 e. The fourth-order valence-electron chi connectivity index (χ4n) is 3.84. The molecular weight excluding hydrogens is 331 g/mol. The predicted molar refractivity (Wildman–Crippen MR) is 95.9 cm³/mol. The molecule has 1 aromatic carbocycles. The number of likely N-dealkylation sites (tertiary alicyclic amines) is 1. The first kappa shape index (κ1) is 17.2. The molecule has 4 rings (SSSR count). The van der Waals surface area contributed by atoms with Crippen LogP contribution in [0.15, 0.2) is 48.7 Å². The third-order valence-corrected chi connectivity index (χ3v) is 5.48. The number of aromatic nitrogens is 1. The highest BCUT2D eigenvalue weighted by molar-refractivity contribution is 5.80. The Kier molecular flexibility index (Phi) is 4.98. The van der Waals surface area contributed by atoms with E-state index in [0.29, 0.717) is 19.1 Å². The molecule has 2 aliphatic rings. The molecule has 0 N–H and O–H groups in total. The maximum absolute atomic E-state index is 13.0. The highest BCUT2D eigenvalue weighted by Gasteiger charge is 2.39. The number of carbonyl (C=O) groups excluding carboxylic acids is 1. The average Bonchev–Trinajstić information content (AvgIpc) is 3.10. The van der Waals surface area contributed by atoms with E-state index >= 15 is 0 Å². The van der Waals surface area contributed by atoms with Crippen LogP contribution in [0.4, 0.5) is 4.39 Å². The molecule has 1 aliphatic carbocycles. The molecule has 1 aliphatic heterocycles. The Balaban J connectivity index is 1.23. The number of rotatable bonds is 5. The van der Waals surface area contributed by atoms with Crippen LogP contribution in [0.2, 0.25) is 0 Å². The second kappa shape index (κ2) is 7.54. The van der Waals surface area contributed by atoms with Crippen molar-refractivity contribution in [1.29, 1.82) is 0 Å². The summed E-state index contributed by atoms with van der Waals surface area (Å²) in [5.74, 6) is 0.504. The molecule has 136 valence electrons. The van der Waals surface area contributed by atoms with Crippen molar-refractivity contribution in [1.82, 2.24) is 9.88 Å². The Morgan fingerprint density at radius 3 is 2.73 bits per heavy atom. The third kappa shape index (κ3) is 3.78. The highest BCUT2D eigenvalue weighted by Crippen LogP contribution is 2.42. The van der Waals surface area contributed by atoms with Gasteiger partial charge in [-0.05, 0) is 55.0 Å². The number of hydrogen-bond donors (Lipinski definition) is 0. The van der Waals surface area contributed by atoms with Crippen LogP contribution in [0.25, 0.3) is 0 Å². The van der Waals surface area contributed by atoms with Gasteiger partial charge in [0.1, 0.15) is 5.82 Å². The van der Waals surface area contributed by atoms with Crippen LogP contribution >= 0.6 is 0 Å². The van der Waals surface area contributed by atoms with Crippen LogP contribution in [0.5, 0.6) is 0 Å². The summed E-state index contributed by atoms with van der Waals surface area (Å²) < 4.78 is 18.9. The van der Waals surface area contributed by atoms with Crippen LogP contribution in [-0.2, 0) is 16.1 Å². The molecule has 2 heterocycles. The molecule has 4 nitrogen and oxygen atoms in total. The van der Waals surface area contributed by atoms with Crippen molar-refractivity contribution in [2.45, 2.75) is 37.9 Å². The van der Waals surface area contributed by atoms with Crippen molar-refractivity contribution in [2.75, 3.05) is 13.1 Å². The Morgan fingerprint density at radius 1 is 1.19 bits per heavy atom. The van der Waals surface area contributed by atoms with Gasteiger partial charge in [0, 0.05) is 25.2 Å². The minimum Gasteiger partial charge on any atom is -0.370 e. The van der Waals surface area contributed by atoms with Crippen molar-refractivity contribution in [3.05, 3.63) is 65.7 Å².